The number of sulfone groups is 1. The van der Waals surface area contributed by atoms with E-state index >= 15 is 0 Å². The van der Waals surface area contributed by atoms with E-state index in [0.29, 0.717) is 0 Å². The summed E-state index contributed by atoms with van der Waals surface area (Å²) in [5, 5.41) is 9.59. The Morgan fingerprint density at radius 2 is 1.00 bits per heavy atom. The molecule has 0 aliphatic carbocycles. The first-order valence-corrected chi connectivity index (χ1v) is 13.0. The summed E-state index contributed by atoms with van der Waals surface area (Å²) < 4.78 is 22.5. The van der Waals surface area contributed by atoms with Gasteiger partial charge in [0, 0.05) is 6.26 Å². The SMILES string of the molecule is CC(C)=CCC/C(C)=C/CC/C(C)=C/CC/C(C)=C/CC/C(C)=C/C(O)S(C)(=O)=O. The maximum absolute atomic E-state index is 11.3. The predicted molar refractivity (Wildman–Crippen MR) is 132 cm³/mol. The first-order valence-electron chi connectivity index (χ1n) is 11.1. The van der Waals surface area contributed by atoms with Crippen LogP contribution in [0.15, 0.2) is 58.2 Å². The van der Waals surface area contributed by atoms with Gasteiger partial charge in [0.25, 0.3) is 0 Å². The Labute approximate surface area is 186 Å². The lowest BCUT2D eigenvalue weighted by Gasteiger charge is -2.05. The lowest BCUT2D eigenvalue weighted by molar-refractivity contribution is 0.294. The number of hydrogen-bond donors (Lipinski definition) is 1. The van der Waals surface area contributed by atoms with Crippen LogP contribution in [0.1, 0.15) is 92.9 Å². The topological polar surface area (TPSA) is 54.4 Å². The van der Waals surface area contributed by atoms with Crippen LogP contribution >= 0.6 is 0 Å². The lowest BCUT2D eigenvalue weighted by atomic mass is 10.0. The van der Waals surface area contributed by atoms with Crippen molar-refractivity contribution in [2.45, 2.75) is 98.3 Å². The molecule has 172 valence electrons. The third-order valence-electron chi connectivity index (χ3n) is 5.05. The van der Waals surface area contributed by atoms with Gasteiger partial charge in [-0.25, -0.2) is 8.42 Å². The van der Waals surface area contributed by atoms with Crippen molar-refractivity contribution >= 4 is 9.84 Å². The fourth-order valence-electron chi connectivity index (χ4n) is 2.98. The van der Waals surface area contributed by atoms with Crippen molar-refractivity contribution < 1.29 is 13.5 Å². The van der Waals surface area contributed by atoms with Gasteiger partial charge >= 0.3 is 0 Å². The Bertz CT molecular complexity index is 758. The van der Waals surface area contributed by atoms with Crippen LogP contribution in [-0.4, -0.2) is 25.2 Å². The van der Waals surface area contributed by atoms with Crippen molar-refractivity contribution in [1.29, 1.82) is 0 Å². The van der Waals surface area contributed by atoms with Gasteiger partial charge < -0.3 is 5.11 Å². The molecule has 1 N–H and O–H groups in total. The Kier molecular flexibility index (Phi) is 14.7. The average Bonchev–Trinajstić information content (AvgIpc) is 2.60. The van der Waals surface area contributed by atoms with Crippen molar-refractivity contribution in [2.24, 2.45) is 0 Å². The molecule has 0 amide bonds. The van der Waals surface area contributed by atoms with E-state index in [2.05, 4.69) is 58.9 Å². The maximum atomic E-state index is 11.3. The van der Waals surface area contributed by atoms with E-state index in [-0.39, 0.29) is 0 Å². The minimum atomic E-state index is -3.43. The van der Waals surface area contributed by atoms with Crippen molar-refractivity contribution in [2.75, 3.05) is 6.26 Å². The first-order chi connectivity index (χ1) is 13.9. The van der Waals surface area contributed by atoms with Gasteiger partial charge in [0.05, 0.1) is 0 Å². The van der Waals surface area contributed by atoms with E-state index in [9.17, 15) is 13.5 Å². The summed E-state index contributed by atoms with van der Waals surface area (Å²) in [7, 11) is -3.43. The summed E-state index contributed by atoms with van der Waals surface area (Å²) in [4.78, 5) is 0. The Hall–Kier alpha value is -1.39. The number of aliphatic hydroxyl groups excluding tert-OH is 1. The van der Waals surface area contributed by atoms with Gasteiger partial charge in [0.15, 0.2) is 15.3 Å². The second-order valence-corrected chi connectivity index (χ2v) is 11.0. The number of rotatable bonds is 14. The van der Waals surface area contributed by atoms with Crippen molar-refractivity contribution in [3.63, 3.8) is 0 Å². The molecule has 0 aliphatic heterocycles. The molecule has 30 heavy (non-hydrogen) atoms. The zero-order valence-corrected chi connectivity index (χ0v) is 21.1. The molecule has 0 aliphatic rings. The van der Waals surface area contributed by atoms with E-state index in [1.54, 1.807) is 0 Å². The summed E-state index contributed by atoms with van der Waals surface area (Å²) in [6.45, 7) is 12.7. The molecule has 0 radical (unpaired) electrons. The van der Waals surface area contributed by atoms with E-state index in [4.69, 9.17) is 0 Å². The molecular weight excluding hydrogens is 392 g/mol. The molecule has 1 atom stereocenters. The van der Waals surface area contributed by atoms with Crippen LogP contribution in [0.5, 0.6) is 0 Å². The molecule has 0 spiro atoms. The fourth-order valence-corrected chi connectivity index (χ4v) is 3.46. The predicted octanol–water partition coefficient (Wildman–Crippen LogP) is 7.22. The smallest absolute Gasteiger partial charge is 0.177 e. The summed E-state index contributed by atoms with van der Waals surface area (Å²) in [5.74, 6) is 0. The number of aliphatic hydroxyl groups is 1. The van der Waals surface area contributed by atoms with Crippen LogP contribution in [0.25, 0.3) is 0 Å². The molecule has 4 heteroatoms. The van der Waals surface area contributed by atoms with Gasteiger partial charge in [0.1, 0.15) is 0 Å². The van der Waals surface area contributed by atoms with E-state index in [1.165, 1.54) is 28.4 Å². The van der Waals surface area contributed by atoms with Crippen LogP contribution in [0, 0.1) is 0 Å². The Balaban J connectivity index is 4.23. The maximum Gasteiger partial charge on any atom is 0.177 e. The van der Waals surface area contributed by atoms with E-state index in [0.717, 1.165) is 63.2 Å². The van der Waals surface area contributed by atoms with Crippen LogP contribution in [0.4, 0.5) is 0 Å². The largest absolute Gasteiger partial charge is 0.374 e. The first kappa shape index (κ1) is 28.6. The van der Waals surface area contributed by atoms with Crippen molar-refractivity contribution in [3.8, 4) is 0 Å². The second kappa shape index (κ2) is 15.4. The van der Waals surface area contributed by atoms with Crippen molar-refractivity contribution in [1.82, 2.24) is 0 Å². The molecule has 0 bridgehead atoms. The highest BCUT2D eigenvalue weighted by atomic mass is 32.2. The summed E-state index contributed by atoms with van der Waals surface area (Å²) in [5.41, 5.74) is 5.18. The van der Waals surface area contributed by atoms with Crippen LogP contribution in [-0.2, 0) is 9.84 Å². The third kappa shape index (κ3) is 16.4. The van der Waals surface area contributed by atoms with Crippen molar-refractivity contribution in [3.05, 3.63) is 58.2 Å². The van der Waals surface area contributed by atoms with Crippen LogP contribution in [0.2, 0.25) is 0 Å². The van der Waals surface area contributed by atoms with Gasteiger partial charge in [-0.05, 0) is 99.0 Å². The van der Waals surface area contributed by atoms with Gasteiger partial charge in [-0.3, -0.25) is 0 Å². The molecule has 0 aromatic carbocycles. The Morgan fingerprint density at radius 3 is 1.33 bits per heavy atom. The minimum Gasteiger partial charge on any atom is -0.374 e. The summed E-state index contributed by atoms with van der Waals surface area (Å²) >= 11 is 0. The highest BCUT2D eigenvalue weighted by molar-refractivity contribution is 7.91. The molecular formula is C26H44O3S. The average molecular weight is 437 g/mol. The molecule has 0 aromatic rings. The van der Waals surface area contributed by atoms with Crippen LogP contribution in [0.3, 0.4) is 0 Å². The van der Waals surface area contributed by atoms with Crippen LogP contribution < -0.4 is 0 Å². The zero-order valence-electron chi connectivity index (χ0n) is 20.3. The standard InChI is InChI=1S/C26H44O3S/c1-21(2)12-8-13-22(3)14-9-15-23(4)16-10-17-24(5)18-11-19-25(6)20-26(27)30(7,28)29/h12,14,16,18,20,26-27H,8-11,13,15,17,19H2,1-7H3/b22-14+,23-16+,24-18+,25-20+. The molecule has 3 nitrogen and oxygen atoms in total. The highest BCUT2D eigenvalue weighted by Gasteiger charge is 2.13. The molecule has 0 saturated heterocycles. The molecule has 0 heterocycles. The second-order valence-electron chi connectivity index (χ2n) is 8.82. The number of allylic oxidation sites excluding steroid dienone is 9. The molecule has 0 aromatic heterocycles. The van der Waals surface area contributed by atoms with Gasteiger partial charge in [-0.2, -0.15) is 0 Å². The van der Waals surface area contributed by atoms with E-state index < -0.39 is 15.3 Å². The highest BCUT2D eigenvalue weighted by Crippen LogP contribution is 2.15. The zero-order chi connectivity index (χ0) is 23.2. The monoisotopic (exact) mass is 436 g/mol. The number of hydrogen-bond acceptors (Lipinski definition) is 3. The summed E-state index contributed by atoms with van der Waals surface area (Å²) in [6.07, 6.45) is 20.0. The van der Waals surface area contributed by atoms with E-state index in [1.807, 2.05) is 6.92 Å². The molecule has 0 saturated carbocycles. The van der Waals surface area contributed by atoms with Gasteiger partial charge in [0.2, 0.25) is 0 Å². The molecule has 0 rings (SSSR count). The lowest BCUT2D eigenvalue weighted by Crippen LogP contribution is -2.16. The normalized spacial score (nSPS) is 15.3. The molecule has 1 unspecified atom stereocenters. The van der Waals surface area contributed by atoms with Gasteiger partial charge in [-0.15, -0.1) is 0 Å². The minimum absolute atomic E-state index is 0.762. The third-order valence-corrected chi connectivity index (χ3v) is 6.06. The Morgan fingerprint density at radius 1 is 0.667 bits per heavy atom. The quantitative estimate of drug-likeness (QED) is 0.292. The summed E-state index contributed by atoms with van der Waals surface area (Å²) in [6, 6.07) is 0. The fraction of sp³-hybridized carbons (Fsp3) is 0.615. The van der Waals surface area contributed by atoms with Gasteiger partial charge in [-0.1, -0.05) is 52.2 Å². The molecule has 0 fully saturated rings.